The van der Waals surface area contributed by atoms with Crippen molar-refractivity contribution in [3.63, 3.8) is 0 Å². The average Bonchev–Trinajstić information content (AvgIpc) is 3.51. The molecule has 2 aliphatic rings. The highest BCUT2D eigenvalue weighted by Gasteiger charge is 2.35. The molecule has 0 spiro atoms. The highest BCUT2D eigenvalue weighted by Crippen LogP contribution is 2.24. The van der Waals surface area contributed by atoms with Crippen molar-refractivity contribution in [2.24, 2.45) is 0 Å². The molecule has 1 saturated carbocycles. The number of hydrogen-bond donors (Lipinski definition) is 2. The van der Waals surface area contributed by atoms with Crippen molar-refractivity contribution in [3.05, 3.63) is 65.2 Å². The number of carbonyl (C=O) groups excluding carboxylic acids is 3. The van der Waals surface area contributed by atoms with Crippen LogP contribution in [0.2, 0.25) is 0 Å². The van der Waals surface area contributed by atoms with E-state index >= 15 is 0 Å². The Morgan fingerprint density at radius 2 is 1.69 bits per heavy atom. The van der Waals surface area contributed by atoms with Gasteiger partial charge in [-0.1, -0.05) is 18.9 Å². The molecule has 2 aromatic carbocycles. The number of nitriles is 1. The van der Waals surface area contributed by atoms with Crippen LogP contribution in [0, 0.1) is 11.3 Å². The molecular weight excluding hydrogens is 404 g/mol. The predicted octanol–water partition coefficient (Wildman–Crippen LogP) is 3.47. The van der Waals surface area contributed by atoms with Gasteiger partial charge in [0.05, 0.1) is 11.6 Å². The normalized spacial score (nSPS) is 18.2. The maximum Gasteiger partial charge on any atom is 0.255 e. The Kier molecular flexibility index (Phi) is 6.50. The number of carbonyl (C=O) groups is 3. The lowest BCUT2D eigenvalue weighted by Crippen LogP contribution is -2.48. The van der Waals surface area contributed by atoms with Crippen LogP contribution in [0.15, 0.2) is 48.5 Å². The predicted molar refractivity (Wildman–Crippen MR) is 120 cm³/mol. The Hall–Kier alpha value is -3.66. The molecule has 7 nitrogen and oxygen atoms in total. The van der Waals surface area contributed by atoms with Crippen LogP contribution in [-0.2, 0) is 4.79 Å². The molecule has 2 aromatic rings. The standard InChI is InChI=1S/C25H26N4O3/c26-16-17-10-12-18(13-11-17)23(30)28-21-8-3-5-19(15-21)25(32)29-14-4-9-22(29)24(31)27-20-6-1-2-7-20/h3,5,8,10-13,15,20,22H,1-2,4,6-7,9,14H2,(H,27,31)(H,28,30). The first-order valence-electron chi connectivity index (χ1n) is 11.1. The summed E-state index contributed by atoms with van der Waals surface area (Å²) < 4.78 is 0. The quantitative estimate of drug-likeness (QED) is 0.758. The maximum atomic E-state index is 13.2. The van der Waals surface area contributed by atoms with Crippen LogP contribution in [-0.4, -0.2) is 41.2 Å². The van der Waals surface area contributed by atoms with E-state index < -0.39 is 6.04 Å². The van der Waals surface area contributed by atoms with E-state index in [0.717, 1.165) is 32.1 Å². The smallest absolute Gasteiger partial charge is 0.255 e. The van der Waals surface area contributed by atoms with Crippen LogP contribution in [0.1, 0.15) is 64.8 Å². The van der Waals surface area contributed by atoms with E-state index in [4.69, 9.17) is 5.26 Å². The van der Waals surface area contributed by atoms with Gasteiger partial charge in [-0.3, -0.25) is 14.4 Å². The number of amides is 3. The molecule has 1 saturated heterocycles. The van der Waals surface area contributed by atoms with Gasteiger partial charge < -0.3 is 15.5 Å². The van der Waals surface area contributed by atoms with Crippen LogP contribution < -0.4 is 10.6 Å². The topological polar surface area (TPSA) is 102 Å². The molecular formula is C25H26N4O3. The van der Waals surface area contributed by atoms with E-state index in [-0.39, 0.29) is 23.8 Å². The third-order valence-electron chi connectivity index (χ3n) is 6.16. The van der Waals surface area contributed by atoms with E-state index in [1.807, 2.05) is 6.07 Å². The van der Waals surface area contributed by atoms with Gasteiger partial charge >= 0.3 is 0 Å². The number of likely N-dealkylation sites (tertiary alicyclic amines) is 1. The first-order valence-corrected chi connectivity index (χ1v) is 11.1. The van der Waals surface area contributed by atoms with E-state index in [1.54, 1.807) is 53.4 Å². The van der Waals surface area contributed by atoms with Crippen LogP contribution >= 0.6 is 0 Å². The third-order valence-corrected chi connectivity index (χ3v) is 6.16. The second kappa shape index (κ2) is 9.65. The third kappa shape index (κ3) is 4.80. The zero-order chi connectivity index (χ0) is 22.5. The Bertz CT molecular complexity index is 1050. The molecule has 1 aliphatic carbocycles. The number of nitrogens with zero attached hydrogens (tertiary/aromatic N) is 2. The number of rotatable bonds is 5. The molecule has 2 N–H and O–H groups in total. The number of anilines is 1. The Morgan fingerprint density at radius 3 is 2.41 bits per heavy atom. The van der Waals surface area contributed by atoms with Gasteiger partial charge in [0.2, 0.25) is 5.91 Å². The Morgan fingerprint density at radius 1 is 0.938 bits per heavy atom. The largest absolute Gasteiger partial charge is 0.352 e. The van der Waals surface area contributed by atoms with E-state index in [2.05, 4.69) is 10.6 Å². The molecule has 7 heteroatoms. The van der Waals surface area contributed by atoms with Gasteiger partial charge in [0.15, 0.2) is 0 Å². The summed E-state index contributed by atoms with van der Waals surface area (Å²) in [5.74, 6) is -0.592. The zero-order valence-electron chi connectivity index (χ0n) is 17.8. The number of benzene rings is 2. The lowest BCUT2D eigenvalue weighted by molar-refractivity contribution is -0.125. The molecule has 1 unspecified atom stereocenters. The minimum atomic E-state index is -0.444. The summed E-state index contributed by atoms with van der Waals surface area (Å²) in [6, 6.07) is 14.9. The van der Waals surface area contributed by atoms with Crippen molar-refractivity contribution in [3.8, 4) is 6.07 Å². The second-order valence-electron chi connectivity index (χ2n) is 8.37. The Labute approximate surface area is 187 Å². The lowest BCUT2D eigenvalue weighted by Gasteiger charge is -2.25. The molecule has 1 aliphatic heterocycles. The molecule has 3 amide bonds. The summed E-state index contributed by atoms with van der Waals surface area (Å²) >= 11 is 0. The first-order chi connectivity index (χ1) is 15.5. The van der Waals surface area contributed by atoms with Gasteiger partial charge in [-0.05, 0) is 68.1 Å². The number of nitrogens with one attached hydrogen (secondary N) is 2. The molecule has 1 heterocycles. The van der Waals surface area contributed by atoms with Crippen molar-refractivity contribution in [2.45, 2.75) is 50.6 Å². The second-order valence-corrected chi connectivity index (χ2v) is 8.37. The zero-order valence-corrected chi connectivity index (χ0v) is 17.8. The minimum Gasteiger partial charge on any atom is -0.352 e. The molecule has 32 heavy (non-hydrogen) atoms. The number of hydrogen-bond acceptors (Lipinski definition) is 4. The molecule has 0 bridgehead atoms. The van der Waals surface area contributed by atoms with E-state index in [1.165, 1.54) is 0 Å². The average molecular weight is 431 g/mol. The monoisotopic (exact) mass is 430 g/mol. The van der Waals surface area contributed by atoms with Gasteiger partial charge in [0.1, 0.15) is 6.04 Å². The summed E-state index contributed by atoms with van der Waals surface area (Å²) in [6.45, 7) is 0.545. The van der Waals surface area contributed by atoms with Gasteiger partial charge in [0, 0.05) is 29.4 Å². The molecule has 2 fully saturated rings. The van der Waals surface area contributed by atoms with Gasteiger partial charge in [-0.15, -0.1) is 0 Å². The molecule has 4 rings (SSSR count). The van der Waals surface area contributed by atoms with Crippen molar-refractivity contribution in [1.29, 1.82) is 5.26 Å². The van der Waals surface area contributed by atoms with Crippen molar-refractivity contribution >= 4 is 23.4 Å². The fraction of sp³-hybridized carbons (Fsp3) is 0.360. The maximum absolute atomic E-state index is 13.2. The van der Waals surface area contributed by atoms with Crippen molar-refractivity contribution in [1.82, 2.24) is 10.2 Å². The van der Waals surface area contributed by atoms with Crippen molar-refractivity contribution < 1.29 is 14.4 Å². The fourth-order valence-corrected chi connectivity index (χ4v) is 4.45. The SMILES string of the molecule is N#Cc1ccc(C(=O)Nc2cccc(C(=O)N3CCCC3C(=O)NC3CCCC3)c2)cc1. The van der Waals surface area contributed by atoms with Gasteiger partial charge in [0.25, 0.3) is 11.8 Å². The van der Waals surface area contributed by atoms with Crippen LogP contribution in [0.5, 0.6) is 0 Å². The summed E-state index contributed by atoms with van der Waals surface area (Å²) in [5, 5.41) is 14.8. The molecule has 1 atom stereocenters. The lowest BCUT2D eigenvalue weighted by atomic mass is 10.1. The summed E-state index contributed by atoms with van der Waals surface area (Å²) in [7, 11) is 0. The highest BCUT2D eigenvalue weighted by molar-refractivity contribution is 6.05. The summed E-state index contributed by atoms with van der Waals surface area (Å²) in [5.41, 5.74) is 1.83. The fourth-order valence-electron chi connectivity index (χ4n) is 4.45. The van der Waals surface area contributed by atoms with Crippen molar-refractivity contribution in [2.75, 3.05) is 11.9 Å². The molecule has 0 aromatic heterocycles. The van der Waals surface area contributed by atoms with E-state index in [0.29, 0.717) is 35.3 Å². The first kappa shape index (κ1) is 21.6. The minimum absolute atomic E-state index is 0.0620. The molecule has 164 valence electrons. The van der Waals surface area contributed by atoms with Gasteiger partial charge in [-0.2, -0.15) is 5.26 Å². The Balaban J connectivity index is 1.43. The molecule has 0 radical (unpaired) electrons. The van der Waals surface area contributed by atoms with Crippen LogP contribution in [0.4, 0.5) is 5.69 Å². The van der Waals surface area contributed by atoms with Gasteiger partial charge in [-0.25, -0.2) is 0 Å². The van der Waals surface area contributed by atoms with Crippen LogP contribution in [0.25, 0.3) is 0 Å². The highest BCUT2D eigenvalue weighted by atomic mass is 16.2. The van der Waals surface area contributed by atoms with Crippen LogP contribution in [0.3, 0.4) is 0 Å². The van der Waals surface area contributed by atoms with E-state index in [9.17, 15) is 14.4 Å². The summed E-state index contributed by atoms with van der Waals surface area (Å²) in [6.07, 6.45) is 5.75. The summed E-state index contributed by atoms with van der Waals surface area (Å²) in [4.78, 5) is 40.1.